The van der Waals surface area contributed by atoms with Crippen LogP contribution in [0, 0.1) is 0 Å². The molecule has 82 valence electrons. The maximum Gasteiger partial charge on any atom is 0.327 e. The Labute approximate surface area is 85.3 Å². The van der Waals surface area contributed by atoms with Crippen molar-refractivity contribution in [3.63, 3.8) is 0 Å². The number of aromatic nitrogens is 1. The fraction of sp³-hybridized carbons (Fsp3) is 0.286. The van der Waals surface area contributed by atoms with Crippen molar-refractivity contribution in [2.45, 2.75) is 6.92 Å². The molecule has 8 heteroatoms. The molecule has 15 heavy (non-hydrogen) atoms. The third kappa shape index (κ3) is 3.18. The minimum Gasteiger partial charge on any atom is -0.464 e. The summed E-state index contributed by atoms with van der Waals surface area (Å²) in [6.07, 6.45) is 1.29. The van der Waals surface area contributed by atoms with Crippen molar-refractivity contribution in [1.82, 2.24) is 10.4 Å². The zero-order valence-electron chi connectivity index (χ0n) is 8.06. The number of hydrogen-bond acceptors (Lipinski definition) is 5. The first-order valence-electron chi connectivity index (χ1n) is 4.11. The maximum absolute atomic E-state index is 11.2. The first-order valence-corrected chi connectivity index (χ1v) is 4.11. The van der Waals surface area contributed by atoms with E-state index in [1.807, 2.05) is 5.43 Å². The number of ether oxygens (including phenoxy) is 1. The summed E-state index contributed by atoms with van der Waals surface area (Å²) in [5.74, 6) is -0.940. The van der Waals surface area contributed by atoms with Crippen molar-refractivity contribution < 1.29 is 13.9 Å². The number of carbonyl (C=O) groups is 1. The summed E-state index contributed by atoms with van der Waals surface area (Å²) < 4.78 is 9.89. The van der Waals surface area contributed by atoms with E-state index in [4.69, 9.17) is 20.6 Å². The number of carbonyl (C=O) groups excluding carboxylic acids is 1. The average molecular weight is 213 g/mol. The topological polar surface area (TPSA) is 129 Å². The van der Waals surface area contributed by atoms with E-state index >= 15 is 0 Å². The summed E-state index contributed by atoms with van der Waals surface area (Å²) in [6.45, 7) is 2.20. The van der Waals surface area contributed by atoms with E-state index in [9.17, 15) is 4.79 Å². The largest absolute Gasteiger partial charge is 0.464 e. The molecule has 0 bridgehead atoms. The molecule has 0 spiro atoms. The van der Waals surface area contributed by atoms with Gasteiger partial charge in [0.15, 0.2) is 0 Å². The second-order valence-electron chi connectivity index (χ2n) is 2.40. The molecule has 1 aromatic rings. The Balaban J connectivity index is 2.62. The van der Waals surface area contributed by atoms with Gasteiger partial charge in [0.05, 0.1) is 6.61 Å². The van der Waals surface area contributed by atoms with Gasteiger partial charge in [0.25, 0.3) is 5.89 Å². The lowest BCUT2D eigenvalue weighted by Crippen LogP contribution is -2.29. The van der Waals surface area contributed by atoms with Gasteiger partial charge >= 0.3 is 11.9 Å². The number of oxazole rings is 1. The van der Waals surface area contributed by atoms with Gasteiger partial charge in [0.2, 0.25) is 5.96 Å². The highest BCUT2D eigenvalue weighted by atomic mass is 16.6. The van der Waals surface area contributed by atoms with E-state index in [0.29, 0.717) is 6.61 Å². The van der Waals surface area contributed by atoms with Crippen LogP contribution in [-0.2, 0) is 0 Å². The highest BCUT2D eigenvalue weighted by Crippen LogP contribution is 2.11. The monoisotopic (exact) mass is 213 g/mol. The van der Waals surface area contributed by atoms with E-state index in [1.165, 1.54) is 6.20 Å². The number of amides is 1. The van der Waals surface area contributed by atoms with Crippen molar-refractivity contribution in [2.75, 3.05) is 6.61 Å². The van der Waals surface area contributed by atoms with Crippen LogP contribution in [0.4, 0.5) is 0 Å². The zero-order chi connectivity index (χ0) is 11.3. The molecule has 1 aromatic heterocycles. The molecule has 0 fully saturated rings. The van der Waals surface area contributed by atoms with Crippen LogP contribution in [0.2, 0.25) is 0 Å². The molecule has 0 saturated carbocycles. The van der Waals surface area contributed by atoms with Gasteiger partial charge in [-0.2, -0.15) is 0 Å². The number of nitrogens with two attached hydrogens (primary N) is 2. The summed E-state index contributed by atoms with van der Waals surface area (Å²) in [4.78, 5) is 14.9. The Morgan fingerprint density at radius 3 is 3.07 bits per heavy atom. The van der Waals surface area contributed by atoms with Gasteiger partial charge < -0.3 is 20.6 Å². The molecule has 0 aliphatic rings. The lowest BCUT2D eigenvalue weighted by molar-refractivity contribution is 0.0912. The van der Waals surface area contributed by atoms with Crippen LogP contribution < -0.4 is 21.6 Å². The number of nitrogens with zero attached hydrogens (tertiary/aromatic N) is 2. The van der Waals surface area contributed by atoms with Crippen LogP contribution in [0.3, 0.4) is 0 Å². The molecule has 0 saturated heterocycles. The van der Waals surface area contributed by atoms with Crippen LogP contribution in [0.5, 0.6) is 5.95 Å². The summed E-state index contributed by atoms with van der Waals surface area (Å²) in [5.41, 5.74) is 12.1. The highest BCUT2D eigenvalue weighted by molar-refractivity contribution is 5.90. The minimum absolute atomic E-state index is 0.160. The van der Waals surface area contributed by atoms with Crippen molar-refractivity contribution >= 4 is 11.9 Å². The van der Waals surface area contributed by atoms with Gasteiger partial charge in [0, 0.05) is 0 Å². The molecule has 5 N–H and O–H groups in total. The second-order valence-corrected chi connectivity index (χ2v) is 2.40. The van der Waals surface area contributed by atoms with Crippen molar-refractivity contribution in [3.8, 4) is 5.95 Å². The maximum atomic E-state index is 11.2. The molecule has 0 unspecified atom stereocenters. The Morgan fingerprint density at radius 1 is 1.73 bits per heavy atom. The molecule has 1 heterocycles. The fourth-order valence-electron chi connectivity index (χ4n) is 0.736. The molecule has 1 rings (SSSR count). The average Bonchev–Trinajstić information content (AvgIpc) is 2.63. The Kier molecular flexibility index (Phi) is 3.49. The predicted octanol–water partition coefficient (Wildman–Crippen LogP) is -1.01. The quantitative estimate of drug-likeness (QED) is 0.334. The van der Waals surface area contributed by atoms with E-state index in [0.717, 1.165) is 0 Å². The second kappa shape index (κ2) is 4.84. The summed E-state index contributed by atoms with van der Waals surface area (Å²) in [5, 5.41) is 3.29. The smallest absolute Gasteiger partial charge is 0.327 e. The Hall–Kier alpha value is -2.25. The lowest BCUT2D eigenvalue weighted by Gasteiger charge is -1.95. The number of rotatable bonds is 4. The van der Waals surface area contributed by atoms with Gasteiger partial charge in [-0.3, -0.25) is 4.79 Å². The Bertz CT molecular complexity index is 368. The predicted molar refractivity (Wildman–Crippen MR) is 50.9 cm³/mol. The van der Waals surface area contributed by atoms with E-state index in [-0.39, 0.29) is 17.8 Å². The van der Waals surface area contributed by atoms with Crippen molar-refractivity contribution in [3.05, 3.63) is 12.1 Å². The molecular weight excluding hydrogens is 202 g/mol. The minimum atomic E-state index is -0.658. The van der Waals surface area contributed by atoms with Gasteiger partial charge in [-0.05, 0) is 6.92 Å². The van der Waals surface area contributed by atoms with E-state index < -0.39 is 5.91 Å². The third-order valence-corrected chi connectivity index (χ3v) is 1.25. The lowest BCUT2D eigenvalue weighted by atomic mass is 10.6. The standard InChI is InChI=1S/C7H11N5O3/c1-2-14-4-3-10-6(15-4)5(13)11-12-7(8)9/h3H,2H2,1H3,(H,11,13)(H4,8,9,12). The van der Waals surface area contributed by atoms with Gasteiger partial charge in [-0.1, -0.05) is 0 Å². The van der Waals surface area contributed by atoms with E-state index in [1.54, 1.807) is 6.92 Å². The molecule has 8 nitrogen and oxygen atoms in total. The van der Waals surface area contributed by atoms with Crippen LogP contribution in [-0.4, -0.2) is 23.5 Å². The van der Waals surface area contributed by atoms with Crippen molar-refractivity contribution in [2.24, 2.45) is 16.6 Å². The summed E-state index contributed by atoms with van der Waals surface area (Å²) >= 11 is 0. The first kappa shape index (κ1) is 10.8. The molecule has 0 aliphatic carbocycles. The number of nitrogens with one attached hydrogen (secondary N) is 1. The van der Waals surface area contributed by atoms with Gasteiger partial charge in [-0.15, -0.1) is 5.10 Å². The first-order chi connectivity index (χ1) is 7.13. The summed E-state index contributed by atoms with van der Waals surface area (Å²) in [7, 11) is 0. The summed E-state index contributed by atoms with van der Waals surface area (Å²) in [6, 6.07) is 0. The normalized spacial score (nSPS) is 9.40. The SMILES string of the molecule is CCOc1cnc(C(=O)NN=C(N)N)o1. The molecule has 1 amide bonds. The third-order valence-electron chi connectivity index (χ3n) is 1.25. The number of hydrazone groups is 1. The van der Waals surface area contributed by atoms with Gasteiger partial charge in [0.1, 0.15) is 6.20 Å². The fourth-order valence-corrected chi connectivity index (χ4v) is 0.736. The van der Waals surface area contributed by atoms with Crippen LogP contribution in [0.25, 0.3) is 0 Å². The Morgan fingerprint density at radius 2 is 2.47 bits per heavy atom. The van der Waals surface area contributed by atoms with Crippen LogP contribution in [0.15, 0.2) is 15.7 Å². The van der Waals surface area contributed by atoms with E-state index in [2.05, 4.69) is 10.1 Å². The number of guanidine groups is 1. The van der Waals surface area contributed by atoms with Gasteiger partial charge in [-0.25, -0.2) is 10.4 Å². The zero-order valence-corrected chi connectivity index (χ0v) is 8.06. The molecule has 0 aromatic carbocycles. The molecule has 0 radical (unpaired) electrons. The highest BCUT2D eigenvalue weighted by Gasteiger charge is 2.12. The van der Waals surface area contributed by atoms with Crippen LogP contribution >= 0.6 is 0 Å². The van der Waals surface area contributed by atoms with Crippen molar-refractivity contribution in [1.29, 1.82) is 0 Å². The molecule has 0 atom stereocenters. The molecule has 0 aliphatic heterocycles. The van der Waals surface area contributed by atoms with Crippen LogP contribution in [0.1, 0.15) is 17.6 Å². The molecular formula is C7H11N5O3. The number of hydrogen-bond donors (Lipinski definition) is 3.